The maximum atomic E-state index is 11.6. The first-order valence-electron chi connectivity index (χ1n) is 10.9. The van der Waals surface area contributed by atoms with Crippen LogP contribution in [-0.4, -0.2) is 49.3 Å². The first-order chi connectivity index (χ1) is 15.9. The van der Waals surface area contributed by atoms with Crippen LogP contribution in [0, 0.1) is 6.92 Å². The molecule has 2 N–H and O–H groups in total. The van der Waals surface area contributed by atoms with E-state index in [1.165, 1.54) is 6.26 Å². The highest BCUT2D eigenvalue weighted by molar-refractivity contribution is 7.89. The van der Waals surface area contributed by atoms with Gasteiger partial charge in [0.25, 0.3) is 0 Å². The van der Waals surface area contributed by atoms with Crippen molar-refractivity contribution >= 4 is 32.8 Å². The highest BCUT2D eigenvalue weighted by atomic mass is 32.2. The van der Waals surface area contributed by atoms with E-state index in [-0.39, 0.29) is 5.75 Å². The number of anilines is 4. The fourth-order valence-corrected chi connectivity index (χ4v) is 5.05. The lowest BCUT2D eigenvalue weighted by Gasteiger charge is -2.32. The smallest absolute Gasteiger partial charge is 0.237 e. The van der Waals surface area contributed by atoms with Crippen molar-refractivity contribution in [2.75, 3.05) is 41.5 Å². The molecule has 0 aliphatic carbocycles. The van der Waals surface area contributed by atoms with Crippen LogP contribution in [0.15, 0.2) is 36.7 Å². The van der Waals surface area contributed by atoms with E-state index in [1.54, 1.807) is 6.07 Å². The van der Waals surface area contributed by atoms with E-state index in [4.69, 9.17) is 9.72 Å². The van der Waals surface area contributed by atoms with Crippen molar-refractivity contribution in [3.8, 4) is 5.88 Å². The van der Waals surface area contributed by atoms with E-state index in [9.17, 15) is 8.42 Å². The molecular weight excluding hydrogens is 440 g/mol. The summed E-state index contributed by atoms with van der Waals surface area (Å²) in [6, 6.07) is 7.31. The Hall–Kier alpha value is -3.40. The number of pyridine rings is 1. The number of nitrogens with one attached hydrogen (secondary N) is 2. The first kappa shape index (κ1) is 21.4. The van der Waals surface area contributed by atoms with Gasteiger partial charge in [0.2, 0.25) is 11.8 Å². The van der Waals surface area contributed by atoms with Crippen LogP contribution in [0.4, 0.5) is 23.0 Å². The number of sulfone groups is 1. The zero-order valence-corrected chi connectivity index (χ0v) is 19.4. The molecule has 33 heavy (non-hydrogen) atoms. The molecule has 172 valence electrons. The highest BCUT2D eigenvalue weighted by Gasteiger charge is 2.24. The third kappa shape index (κ3) is 4.70. The maximum absolute atomic E-state index is 11.6. The number of fused-ring (bicyclic) bond motifs is 2. The molecule has 2 aromatic heterocycles. The molecule has 0 saturated carbocycles. The molecule has 2 aliphatic rings. The normalized spacial score (nSPS) is 15.2. The molecule has 0 saturated heterocycles. The molecule has 0 bridgehead atoms. The number of aromatic nitrogens is 3. The molecule has 0 unspecified atom stereocenters. The van der Waals surface area contributed by atoms with E-state index in [1.807, 2.05) is 30.6 Å². The van der Waals surface area contributed by atoms with Crippen LogP contribution in [0.5, 0.6) is 5.88 Å². The molecule has 2 aliphatic heterocycles. The van der Waals surface area contributed by atoms with Gasteiger partial charge in [0, 0.05) is 36.8 Å². The minimum absolute atomic E-state index is 0.00339. The lowest BCUT2D eigenvalue weighted by atomic mass is 10.0. The van der Waals surface area contributed by atoms with Crippen molar-refractivity contribution in [3.63, 3.8) is 0 Å². The summed E-state index contributed by atoms with van der Waals surface area (Å²) < 4.78 is 28.9. The van der Waals surface area contributed by atoms with Gasteiger partial charge in [0.05, 0.1) is 29.9 Å². The van der Waals surface area contributed by atoms with Crippen LogP contribution < -0.4 is 20.3 Å². The van der Waals surface area contributed by atoms with E-state index < -0.39 is 9.84 Å². The fraction of sp³-hybridized carbons (Fsp3) is 0.348. The Morgan fingerprint density at radius 2 is 2.12 bits per heavy atom. The summed E-state index contributed by atoms with van der Waals surface area (Å²) in [5.41, 5.74) is 6.73. The standard InChI is InChI=1S/C23H26N6O3S/c1-15-20(12-25-22-21(15)24-7-9-32-22)29-8-6-17-11-26-23(28-19(17)13-29)27-18-5-3-4-16(10-18)14-33(2,30)31/h3-5,10-12,24H,6-9,13-14H2,1-2H3,(H,26,27,28). The zero-order valence-electron chi connectivity index (χ0n) is 18.6. The van der Waals surface area contributed by atoms with Gasteiger partial charge in [-0.25, -0.2) is 23.4 Å². The average molecular weight is 467 g/mol. The second-order valence-electron chi connectivity index (χ2n) is 8.46. The molecule has 9 nitrogen and oxygen atoms in total. The summed E-state index contributed by atoms with van der Waals surface area (Å²) in [5.74, 6) is 1.14. The molecular formula is C23H26N6O3S. The van der Waals surface area contributed by atoms with Gasteiger partial charge < -0.3 is 20.3 Å². The second kappa shape index (κ2) is 8.51. The summed E-state index contributed by atoms with van der Waals surface area (Å²) in [4.78, 5) is 16.0. The van der Waals surface area contributed by atoms with Crippen LogP contribution in [0.2, 0.25) is 0 Å². The first-order valence-corrected chi connectivity index (χ1v) is 12.9. The Kier molecular flexibility index (Phi) is 5.53. The molecule has 3 aromatic rings. The lowest BCUT2D eigenvalue weighted by molar-refractivity contribution is 0.310. The molecule has 0 fully saturated rings. The Balaban J connectivity index is 1.36. The molecule has 1 aromatic carbocycles. The molecule has 5 rings (SSSR count). The lowest BCUT2D eigenvalue weighted by Crippen LogP contribution is -2.32. The van der Waals surface area contributed by atoms with Gasteiger partial charge in [-0.05, 0) is 36.6 Å². The van der Waals surface area contributed by atoms with Crippen molar-refractivity contribution in [1.29, 1.82) is 0 Å². The van der Waals surface area contributed by atoms with Gasteiger partial charge in [-0.15, -0.1) is 0 Å². The van der Waals surface area contributed by atoms with Crippen molar-refractivity contribution in [3.05, 3.63) is 59.0 Å². The summed E-state index contributed by atoms with van der Waals surface area (Å²) >= 11 is 0. The van der Waals surface area contributed by atoms with Gasteiger partial charge >= 0.3 is 0 Å². The highest BCUT2D eigenvalue weighted by Crippen LogP contribution is 2.36. The monoisotopic (exact) mass is 466 g/mol. The summed E-state index contributed by atoms with van der Waals surface area (Å²) in [7, 11) is -3.10. The Bertz CT molecular complexity index is 1310. The minimum atomic E-state index is -3.10. The van der Waals surface area contributed by atoms with Crippen LogP contribution in [0.25, 0.3) is 0 Å². The molecule has 10 heteroatoms. The zero-order chi connectivity index (χ0) is 23.0. The second-order valence-corrected chi connectivity index (χ2v) is 10.6. The molecule has 0 amide bonds. The average Bonchev–Trinajstić information content (AvgIpc) is 2.78. The van der Waals surface area contributed by atoms with Gasteiger partial charge in [-0.2, -0.15) is 0 Å². The number of benzene rings is 1. The van der Waals surface area contributed by atoms with Gasteiger partial charge in [-0.1, -0.05) is 12.1 Å². The Morgan fingerprint density at radius 1 is 1.24 bits per heavy atom. The fourth-order valence-electron chi connectivity index (χ4n) is 4.27. The quantitative estimate of drug-likeness (QED) is 0.586. The summed E-state index contributed by atoms with van der Waals surface area (Å²) in [5, 5.41) is 6.61. The van der Waals surface area contributed by atoms with Crippen LogP contribution in [-0.2, 0) is 28.6 Å². The molecule has 0 radical (unpaired) electrons. The number of hydrogen-bond donors (Lipinski definition) is 2. The van der Waals surface area contributed by atoms with Crippen molar-refractivity contribution < 1.29 is 13.2 Å². The summed E-state index contributed by atoms with van der Waals surface area (Å²) in [6.07, 6.45) is 5.82. The minimum Gasteiger partial charge on any atom is -0.474 e. The number of nitrogens with zero attached hydrogens (tertiary/aromatic N) is 4. The predicted octanol–water partition coefficient (Wildman–Crippen LogP) is 2.84. The van der Waals surface area contributed by atoms with Crippen molar-refractivity contribution in [2.24, 2.45) is 0 Å². The largest absolute Gasteiger partial charge is 0.474 e. The van der Waals surface area contributed by atoms with Gasteiger partial charge in [0.15, 0.2) is 9.84 Å². The topological polar surface area (TPSA) is 109 Å². The van der Waals surface area contributed by atoms with Crippen molar-refractivity contribution in [1.82, 2.24) is 15.0 Å². The van der Waals surface area contributed by atoms with E-state index in [2.05, 4.69) is 32.4 Å². The van der Waals surface area contributed by atoms with Crippen molar-refractivity contribution in [2.45, 2.75) is 25.6 Å². The van der Waals surface area contributed by atoms with Crippen LogP contribution >= 0.6 is 0 Å². The Labute approximate surface area is 193 Å². The third-order valence-electron chi connectivity index (χ3n) is 5.82. The van der Waals surface area contributed by atoms with Gasteiger partial charge in [0.1, 0.15) is 12.3 Å². The summed E-state index contributed by atoms with van der Waals surface area (Å²) in [6.45, 7) is 5.00. The Morgan fingerprint density at radius 3 is 2.97 bits per heavy atom. The molecule has 4 heterocycles. The van der Waals surface area contributed by atoms with Crippen LogP contribution in [0.3, 0.4) is 0 Å². The van der Waals surface area contributed by atoms with E-state index in [0.717, 1.165) is 59.0 Å². The predicted molar refractivity (Wildman–Crippen MR) is 128 cm³/mol. The maximum Gasteiger partial charge on any atom is 0.237 e. The van der Waals surface area contributed by atoms with Crippen LogP contribution in [0.1, 0.15) is 22.4 Å². The number of hydrogen-bond acceptors (Lipinski definition) is 9. The van der Waals surface area contributed by atoms with E-state index >= 15 is 0 Å². The number of rotatable bonds is 5. The molecule has 0 spiro atoms. The molecule has 0 atom stereocenters. The van der Waals surface area contributed by atoms with Gasteiger partial charge in [-0.3, -0.25) is 0 Å². The SMILES string of the molecule is Cc1c(N2CCc3cnc(Nc4cccc(CS(C)(=O)=O)c4)nc3C2)cnc2c1NCCO2. The third-order valence-corrected chi connectivity index (χ3v) is 6.68. The van der Waals surface area contributed by atoms with E-state index in [0.29, 0.717) is 25.0 Å². The number of ether oxygens (including phenoxy) is 1.